The first-order valence-electron chi connectivity index (χ1n) is 7.51. The number of nitrogens with one attached hydrogen (secondary N) is 1. The quantitative estimate of drug-likeness (QED) is 0.696. The van der Waals surface area contributed by atoms with Gasteiger partial charge in [0.15, 0.2) is 0 Å². The Kier molecular flexibility index (Phi) is 6.06. The Labute approximate surface area is 139 Å². The van der Waals surface area contributed by atoms with Gasteiger partial charge in [-0.1, -0.05) is 26.7 Å². The summed E-state index contributed by atoms with van der Waals surface area (Å²) in [5.41, 5.74) is 1.61. The van der Waals surface area contributed by atoms with E-state index in [2.05, 4.69) is 62.1 Å². The van der Waals surface area contributed by atoms with Crippen LogP contribution in [0.5, 0.6) is 0 Å². The van der Waals surface area contributed by atoms with Crippen molar-refractivity contribution in [2.24, 2.45) is 11.3 Å². The Bertz CT molecular complexity index is 440. The average molecular weight is 404 g/mol. The Balaban J connectivity index is 1.90. The molecule has 1 N–H and O–H groups in total. The molecule has 2 nitrogen and oxygen atoms in total. The summed E-state index contributed by atoms with van der Waals surface area (Å²) in [7, 11) is 0. The zero-order chi connectivity index (χ0) is 14.6. The van der Waals surface area contributed by atoms with Crippen LogP contribution >= 0.6 is 31.9 Å². The second kappa shape index (κ2) is 7.37. The normalized spacial score (nSPS) is 17.9. The molecule has 0 bridgehead atoms. The van der Waals surface area contributed by atoms with Crippen LogP contribution in [0.2, 0.25) is 0 Å². The van der Waals surface area contributed by atoms with Crippen LogP contribution in [0.25, 0.3) is 0 Å². The third kappa shape index (κ3) is 4.54. The summed E-state index contributed by atoms with van der Waals surface area (Å²) in [6, 6.07) is 2.06. The summed E-state index contributed by atoms with van der Waals surface area (Å²) in [6.07, 6.45) is 8.76. The molecule has 4 heteroatoms. The second-order valence-electron chi connectivity index (χ2n) is 6.49. The van der Waals surface area contributed by atoms with Crippen molar-refractivity contribution in [1.29, 1.82) is 0 Å². The van der Waals surface area contributed by atoms with Gasteiger partial charge in [0.2, 0.25) is 0 Å². The van der Waals surface area contributed by atoms with E-state index < -0.39 is 0 Å². The van der Waals surface area contributed by atoms with Gasteiger partial charge in [-0.15, -0.1) is 0 Å². The van der Waals surface area contributed by atoms with E-state index in [9.17, 15) is 0 Å². The van der Waals surface area contributed by atoms with Gasteiger partial charge in [-0.05, 0) is 68.5 Å². The Morgan fingerprint density at radius 1 is 1.30 bits per heavy atom. The number of aromatic nitrogens is 1. The summed E-state index contributed by atoms with van der Waals surface area (Å²) in [6.45, 7) is 6.64. The van der Waals surface area contributed by atoms with Crippen molar-refractivity contribution in [1.82, 2.24) is 10.3 Å². The van der Waals surface area contributed by atoms with Gasteiger partial charge in [-0.25, -0.2) is 0 Å². The molecule has 0 spiro atoms. The van der Waals surface area contributed by atoms with E-state index in [1.165, 1.54) is 32.1 Å². The maximum atomic E-state index is 4.47. The van der Waals surface area contributed by atoms with Crippen molar-refractivity contribution in [2.45, 2.75) is 52.5 Å². The lowest BCUT2D eigenvalue weighted by Gasteiger charge is -2.31. The molecule has 1 aromatic rings. The SMILES string of the molecule is CC(C)CC1(CNCc2ncc(Br)cc2Br)CCCC1. The number of hydrogen-bond donors (Lipinski definition) is 1. The van der Waals surface area contributed by atoms with Crippen LogP contribution in [0.3, 0.4) is 0 Å². The minimum atomic E-state index is 0.524. The number of rotatable bonds is 6. The highest BCUT2D eigenvalue weighted by atomic mass is 79.9. The fraction of sp³-hybridized carbons (Fsp3) is 0.688. The molecule has 0 amide bonds. The Morgan fingerprint density at radius 2 is 2.00 bits per heavy atom. The maximum Gasteiger partial charge on any atom is 0.0684 e. The van der Waals surface area contributed by atoms with Crippen molar-refractivity contribution in [3.8, 4) is 0 Å². The molecule has 112 valence electrons. The highest BCUT2D eigenvalue weighted by Crippen LogP contribution is 2.42. The first-order chi connectivity index (χ1) is 9.51. The van der Waals surface area contributed by atoms with E-state index in [-0.39, 0.29) is 0 Å². The lowest BCUT2D eigenvalue weighted by atomic mass is 9.78. The van der Waals surface area contributed by atoms with E-state index in [4.69, 9.17) is 0 Å². The monoisotopic (exact) mass is 402 g/mol. The molecule has 1 fully saturated rings. The van der Waals surface area contributed by atoms with Gasteiger partial charge in [-0.2, -0.15) is 0 Å². The van der Waals surface area contributed by atoms with Crippen LogP contribution < -0.4 is 5.32 Å². The molecule has 20 heavy (non-hydrogen) atoms. The van der Waals surface area contributed by atoms with Gasteiger partial charge in [0.05, 0.1) is 5.69 Å². The van der Waals surface area contributed by atoms with Crippen molar-refractivity contribution >= 4 is 31.9 Å². The van der Waals surface area contributed by atoms with E-state index in [1.54, 1.807) is 0 Å². The summed E-state index contributed by atoms with van der Waals surface area (Å²) < 4.78 is 2.09. The minimum Gasteiger partial charge on any atom is -0.311 e. The van der Waals surface area contributed by atoms with Gasteiger partial charge in [0.25, 0.3) is 0 Å². The third-order valence-corrected chi connectivity index (χ3v) is 5.30. The van der Waals surface area contributed by atoms with Crippen LogP contribution in [0.1, 0.15) is 51.6 Å². The molecule has 1 aromatic heterocycles. The van der Waals surface area contributed by atoms with E-state index in [0.29, 0.717) is 5.41 Å². The van der Waals surface area contributed by atoms with Gasteiger partial charge < -0.3 is 5.32 Å². The second-order valence-corrected chi connectivity index (χ2v) is 8.26. The molecule has 2 rings (SSSR count). The fourth-order valence-electron chi connectivity index (χ4n) is 3.46. The van der Waals surface area contributed by atoms with Crippen molar-refractivity contribution in [2.75, 3.05) is 6.54 Å². The van der Waals surface area contributed by atoms with Gasteiger partial charge in [0, 0.05) is 28.2 Å². The summed E-state index contributed by atoms with van der Waals surface area (Å²) in [5.74, 6) is 0.785. The molecule has 1 aliphatic rings. The van der Waals surface area contributed by atoms with Crippen LogP contribution in [0.4, 0.5) is 0 Å². The lowest BCUT2D eigenvalue weighted by Crippen LogP contribution is -2.33. The molecule has 0 saturated heterocycles. The smallest absolute Gasteiger partial charge is 0.0684 e. The number of halogens is 2. The van der Waals surface area contributed by atoms with Gasteiger partial charge >= 0.3 is 0 Å². The molecule has 1 aliphatic carbocycles. The largest absolute Gasteiger partial charge is 0.311 e. The Morgan fingerprint density at radius 3 is 2.60 bits per heavy atom. The Hall–Kier alpha value is 0.0700. The standard InChI is InChI=1S/C16H24Br2N2/c1-12(2)8-16(5-3-4-6-16)11-19-10-15-14(18)7-13(17)9-20-15/h7,9,12,19H,3-6,8,10-11H2,1-2H3. The van der Waals surface area contributed by atoms with Crippen LogP contribution in [-0.2, 0) is 6.54 Å². The molecule has 0 atom stereocenters. The van der Waals surface area contributed by atoms with Crippen LogP contribution in [-0.4, -0.2) is 11.5 Å². The van der Waals surface area contributed by atoms with E-state index in [1.807, 2.05) is 6.20 Å². The molecule has 0 aliphatic heterocycles. The third-order valence-electron chi connectivity index (χ3n) is 4.18. The molecule has 0 aromatic carbocycles. The van der Waals surface area contributed by atoms with E-state index in [0.717, 1.165) is 33.6 Å². The average Bonchev–Trinajstić information content (AvgIpc) is 2.80. The number of hydrogen-bond acceptors (Lipinski definition) is 2. The molecular formula is C16H24Br2N2. The summed E-state index contributed by atoms with van der Waals surface area (Å²) in [5, 5.41) is 3.64. The zero-order valence-electron chi connectivity index (χ0n) is 12.4. The first kappa shape index (κ1) is 16.4. The predicted octanol–water partition coefficient (Wildman–Crippen LogP) is 5.30. The zero-order valence-corrected chi connectivity index (χ0v) is 15.6. The van der Waals surface area contributed by atoms with Gasteiger partial charge in [0.1, 0.15) is 0 Å². The summed E-state index contributed by atoms with van der Waals surface area (Å²) >= 11 is 7.02. The van der Waals surface area contributed by atoms with Crippen LogP contribution in [0.15, 0.2) is 21.2 Å². The van der Waals surface area contributed by atoms with Gasteiger partial charge in [-0.3, -0.25) is 4.98 Å². The van der Waals surface area contributed by atoms with Crippen molar-refractivity contribution < 1.29 is 0 Å². The predicted molar refractivity (Wildman–Crippen MR) is 91.7 cm³/mol. The highest BCUT2D eigenvalue weighted by molar-refractivity contribution is 9.11. The molecular weight excluding hydrogens is 380 g/mol. The van der Waals surface area contributed by atoms with Crippen LogP contribution in [0, 0.1) is 11.3 Å². The first-order valence-corrected chi connectivity index (χ1v) is 9.10. The number of pyridine rings is 1. The molecule has 1 saturated carbocycles. The van der Waals surface area contributed by atoms with Crippen molar-refractivity contribution in [3.05, 3.63) is 26.9 Å². The van der Waals surface area contributed by atoms with Crippen molar-refractivity contribution in [3.63, 3.8) is 0 Å². The van der Waals surface area contributed by atoms with E-state index >= 15 is 0 Å². The molecule has 1 heterocycles. The minimum absolute atomic E-state index is 0.524. The topological polar surface area (TPSA) is 24.9 Å². The fourth-order valence-corrected chi connectivity index (χ4v) is 4.59. The highest BCUT2D eigenvalue weighted by Gasteiger charge is 2.33. The summed E-state index contributed by atoms with van der Waals surface area (Å²) in [4.78, 5) is 4.47. The maximum absolute atomic E-state index is 4.47. The molecule has 0 radical (unpaired) electrons. The lowest BCUT2D eigenvalue weighted by molar-refractivity contribution is 0.223. The molecule has 0 unspecified atom stereocenters. The number of nitrogens with zero attached hydrogens (tertiary/aromatic N) is 1.